The number of carbonyl (C=O) groups excluding carboxylic acids is 1. The molecule has 5 nitrogen and oxygen atoms in total. The summed E-state index contributed by atoms with van der Waals surface area (Å²) < 4.78 is 1.59. The van der Waals surface area contributed by atoms with Crippen molar-refractivity contribution in [3.8, 4) is 0 Å². The first-order chi connectivity index (χ1) is 9.43. The minimum Gasteiger partial charge on any atom is -0.395 e. The standard InChI is InChI=1S/C14H17ClN4O/c1-4-19-13(12(16)9(3)18-19)14(20)17-11-7-8(2)5-6-10(11)15/h5-7H,4,16H2,1-3H3,(H,17,20). The summed E-state index contributed by atoms with van der Waals surface area (Å²) in [5.41, 5.74) is 8.91. The number of rotatable bonds is 3. The first-order valence-electron chi connectivity index (χ1n) is 6.34. The average Bonchev–Trinajstić information content (AvgIpc) is 2.69. The number of halogens is 1. The largest absolute Gasteiger partial charge is 0.395 e. The van der Waals surface area contributed by atoms with Crippen molar-refractivity contribution in [1.82, 2.24) is 9.78 Å². The van der Waals surface area contributed by atoms with E-state index >= 15 is 0 Å². The van der Waals surface area contributed by atoms with Crippen LogP contribution in [0.2, 0.25) is 5.02 Å². The second-order valence-electron chi connectivity index (χ2n) is 4.60. The molecule has 0 bridgehead atoms. The molecule has 106 valence electrons. The lowest BCUT2D eigenvalue weighted by molar-refractivity contribution is 0.101. The molecule has 2 rings (SSSR count). The fourth-order valence-electron chi connectivity index (χ4n) is 1.98. The molecule has 0 aliphatic carbocycles. The summed E-state index contributed by atoms with van der Waals surface area (Å²) in [5.74, 6) is -0.308. The number of aromatic nitrogens is 2. The molecule has 20 heavy (non-hydrogen) atoms. The van der Waals surface area contributed by atoms with Crippen LogP contribution in [-0.4, -0.2) is 15.7 Å². The molecule has 2 aromatic rings. The van der Waals surface area contributed by atoms with E-state index in [1.54, 1.807) is 17.7 Å². The van der Waals surface area contributed by atoms with Crippen molar-refractivity contribution >= 4 is 28.9 Å². The summed E-state index contributed by atoms with van der Waals surface area (Å²) in [6.07, 6.45) is 0. The Morgan fingerprint density at radius 1 is 1.45 bits per heavy atom. The highest BCUT2D eigenvalue weighted by molar-refractivity contribution is 6.34. The minimum atomic E-state index is -0.308. The van der Waals surface area contributed by atoms with E-state index in [0.717, 1.165) is 5.56 Å². The molecular formula is C14H17ClN4O. The van der Waals surface area contributed by atoms with Crippen LogP contribution in [0.5, 0.6) is 0 Å². The van der Waals surface area contributed by atoms with Gasteiger partial charge in [0.1, 0.15) is 5.69 Å². The minimum absolute atomic E-state index is 0.308. The monoisotopic (exact) mass is 292 g/mol. The summed E-state index contributed by atoms with van der Waals surface area (Å²) in [4.78, 5) is 12.4. The molecule has 0 saturated carbocycles. The van der Waals surface area contributed by atoms with Crippen LogP contribution in [0.3, 0.4) is 0 Å². The van der Waals surface area contributed by atoms with E-state index in [-0.39, 0.29) is 5.91 Å². The number of nitrogens with zero attached hydrogens (tertiary/aromatic N) is 2. The van der Waals surface area contributed by atoms with Gasteiger partial charge in [0.25, 0.3) is 5.91 Å². The third-order valence-corrected chi connectivity index (χ3v) is 3.39. The molecule has 0 saturated heterocycles. The van der Waals surface area contributed by atoms with Crippen molar-refractivity contribution in [3.05, 3.63) is 40.2 Å². The number of nitrogens with two attached hydrogens (primary N) is 1. The van der Waals surface area contributed by atoms with E-state index in [9.17, 15) is 4.79 Å². The van der Waals surface area contributed by atoms with Gasteiger partial charge in [0.15, 0.2) is 0 Å². The second kappa shape index (κ2) is 5.54. The zero-order chi connectivity index (χ0) is 14.9. The van der Waals surface area contributed by atoms with E-state index < -0.39 is 0 Å². The zero-order valence-electron chi connectivity index (χ0n) is 11.7. The van der Waals surface area contributed by atoms with E-state index in [4.69, 9.17) is 17.3 Å². The van der Waals surface area contributed by atoms with Crippen molar-refractivity contribution in [1.29, 1.82) is 0 Å². The van der Waals surface area contributed by atoms with Crippen molar-refractivity contribution in [2.24, 2.45) is 0 Å². The Morgan fingerprint density at radius 2 is 2.15 bits per heavy atom. The highest BCUT2D eigenvalue weighted by atomic mass is 35.5. The quantitative estimate of drug-likeness (QED) is 0.913. The highest BCUT2D eigenvalue weighted by Crippen LogP contribution is 2.24. The van der Waals surface area contributed by atoms with E-state index in [1.165, 1.54) is 0 Å². The van der Waals surface area contributed by atoms with Gasteiger partial charge in [-0.1, -0.05) is 17.7 Å². The van der Waals surface area contributed by atoms with Crippen LogP contribution in [0.25, 0.3) is 0 Å². The summed E-state index contributed by atoms with van der Waals surface area (Å²) >= 11 is 6.08. The second-order valence-corrected chi connectivity index (χ2v) is 5.01. The summed E-state index contributed by atoms with van der Waals surface area (Å²) in [5, 5.41) is 7.50. The summed E-state index contributed by atoms with van der Waals surface area (Å²) in [6.45, 7) is 6.18. The van der Waals surface area contributed by atoms with Gasteiger partial charge in [0.2, 0.25) is 0 Å². The maximum Gasteiger partial charge on any atom is 0.276 e. The number of hydrogen-bond donors (Lipinski definition) is 2. The van der Waals surface area contributed by atoms with Gasteiger partial charge in [-0.2, -0.15) is 5.10 Å². The molecule has 0 atom stereocenters. The molecule has 1 aromatic carbocycles. The highest BCUT2D eigenvalue weighted by Gasteiger charge is 2.19. The number of carbonyl (C=O) groups is 1. The van der Waals surface area contributed by atoms with Gasteiger partial charge in [0, 0.05) is 6.54 Å². The van der Waals surface area contributed by atoms with Crippen LogP contribution in [0.4, 0.5) is 11.4 Å². The number of hydrogen-bond acceptors (Lipinski definition) is 3. The van der Waals surface area contributed by atoms with Gasteiger partial charge >= 0.3 is 0 Å². The van der Waals surface area contributed by atoms with Crippen LogP contribution in [0.15, 0.2) is 18.2 Å². The van der Waals surface area contributed by atoms with Crippen molar-refractivity contribution in [3.63, 3.8) is 0 Å². The van der Waals surface area contributed by atoms with Gasteiger partial charge in [-0.3, -0.25) is 9.48 Å². The molecule has 0 unspecified atom stereocenters. The first-order valence-corrected chi connectivity index (χ1v) is 6.72. The normalized spacial score (nSPS) is 10.6. The lowest BCUT2D eigenvalue weighted by Gasteiger charge is -2.09. The fraction of sp³-hybridized carbons (Fsp3) is 0.286. The number of amides is 1. The van der Waals surface area contributed by atoms with E-state index in [2.05, 4.69) is 10.4 Å². The van der Waals surface area contributed by atoms with Gasteiger partial charge in [-0.15, -0.1) is 0 Å². The van der Waals surface area contributed by atoms with Gasteiger partial charge < -0.3 is 11.1 Å². The topological polar surface area (TPSA) is 72.9 Å². The lowest BCUT2D eigenvalue weighted by Crippen LogP contribution is -2.19. The molecule has 0 spiro atoms. The zero-order valence-corrected chi connectivity index (χ0v) is 12.5. The number of aryl methyl sites for hydroxylation is 3. The smallest absolute Gasteiger partial charge is 0.276 e. The Hall–Kier alpha value is -2.01. The van der Waals surface area contributed by atoms with Crippen LogP contribution in [0, 0.1) is 13.8 Å². The Balaban J connectivity index is 2.35. The molecule has 0 radical (unpaired) electrons. The lowest BCUT2D eigenvalue weighted by atomic mass is 10.2. The average molecular weight is 293 g/mol. The first kappa shape index (κ1) is 14.4. The molecule has 0 aliphatic heterocycles. The van der Waals surface area contributed by atoms with Crippen molar-refractivity contribution < 1.29 is 4.79 Å². The number of benzene rings is 1. The molecule has 1 heterocycles. The van der Waals surface area contributed by atoms with Crippen LogP contribution in [0.1, 0.15) is 28.7 Å². The van der Waals surface area contributed by atoms with Crippen LogP contribution < -0.4 is 11.1 Å². The summed E-state index contributed by atoms with van der Waals surface area (Å²) in [7, 11) is 0. The Bertz CT molecular complexity index is 663. The fourth-order valence-corrected chi connectivity index (χ4v) is 2.14. The number of nitrogens with one attached hydrogen (secondary N) is 1. The SMILES string of the molecule is CCn1nc(C)c(N)c1C(=O)Nc1cc(C)ccc1Cl. The van der Waals surface area contributed by atoms with Gasteiger partial charge in [0.05, 0.1) is 22.1 Å². The molecule has 0 aliphatic rings. The van der Waals surface area contributed by atoms with Crippen LogP contribution >= 0.6 is 11.6 Å². The molecule has 1 amide bonds. The maximum atomic E-state index is 12.4. The maximum absolute atomic E-state index is 12.4. The van der Waals surface area contributed by atoms with Gasteiger partial charge in [-0.25, -0.2) is 0 Å². The molecule has 1 aromatic heterocycles. The van der Waals surface area contributed by atoms with Gasteiger partial charge in [-0.05, 0) is 38.5 Å². The molecule has 6 heteroatoms. The molecule has 3 N–H and O–H groups in total. The predicted molar refractivity (Wildman–Crippen MR) is 81.2 cm³/mol. The Morgan fingerprint density at radius 3 is 2.80 bits per heavy atom. The Kier molecular flexibility index (Phi) is 3.99. The predicted octanol–water partition coefficient (Wildman–Crippen LogP) is 3.01. The summed E-state index contributed by atoms with van der Waals surface area (Å²) in [6, 6.07) is 5.45. The van der Waals surface area contributed by atoms with Crippen molar-refractivity contribution in [2.75, 3.05) is 11.1 Å². The molecular weight excluding hydrogens is 276 g/mol. The molecule has 0 fully saturated rings. The van der Waals surface area contributed by atoms with E-state index in [0.29, 0.717) is 34.3 Å². The number of nitrogen functional groups attached to an aromatic ring is 1. The third kappa shape index (κ3) is 2.63. The van der Waals surface area contributed by atoms with Crippen molar-refractivity contribution in [2.45, 2.75) is 27.3 Å². The Labute approximate surface area is 122 Å². The third-order valence-electron chi connectivity index (χ3n) is 3.06. The number of anilines is 2. The van der Waals surface area contributed by atoms with E-state index in [1.807, 2.05) is 26.0 Å². The van der Waals surface area contributed by atoms with Crippen LogP contribution in [-0.2, 0) is 6.54 Å².